The average molecular weight is 358 g/mol. The third-order valence-electron chi connectivity index (χ3n) is 4.95. The molecule has 3 rings (SSSR count). The van der Waals surface area contributed by atoms with E-state index in [1.807, 2.05) is 42.5 Å². The minimum absolute atomic E-state index is 0.418. The van der Waals surface area contributed by atoms with Crippen LogP contribution >= 0.6 is 0 Å². The van der Waals surface area contributed by atoms with Crippen molar-refractivity contribution in [1.29, 1.82) is 0 Å². The lowest BCUT2D eigenvalue weighted by molar-refractivity contribution is -0.231. The second-order valence-corrected chi connectivity index (χ2v) is 6.83. The molecule has 1 heterocycles. The molecular weight excluding hydrogens is 332 g/mol. The molecule has 0 aromatic heterocycles. The third kappa shape index (κ3) is 4.31. The normalized spacial score (nSPS) is 28.8. The van der Waals surface area contributed by atoms with Gasteiger partial charge < -0.3 is 25.2 Å². The van der Waals surface area contributed by atoms with E-state index in [2.05, 4.69) is 12.1 Å². The predicted octanol–water partition coefficient (Wildman–Crippen LogP) is 1.38. The summed E-state index contributed by atoms with van der Waals surface area (Å²) in [6.07, 6.45) is -2.71. The molecule has 1 aliphatic heterocycles. The third-order valence-corrected chi connectivity index (χ3v) is 4.95. The molecule has 1 fully saturated rings. The fourth-order valence-corrected chi connectivity index (χ4v) is 3.44. The van der Waals surface area contributed by atoms with Gasteiger partial charge in [0, 0.05) is 0 Å². The minimum Gasteiger partial charge on any atom is -0.394 e. The van der Waals surface area contributed by atoms with Crippen molar-refractivity contribution >= 4 is 0 Å². The van der Waals surface area contributed by atoms with E-state index in [1.54, 1.807) is 0 Å². The Morgan fingerprint density at radius 3 is 2.19 bits per heavy atom. The highest BCUT2D eigenvalue weighted by Gasteiger charge is 2.43. The first-order valence-corrected chi connectivity index (χ1v) is 9.03. The maximum Gasteiger partial charge on any atom is 0.113 e. The van der Waals surface area contributed by atoms with E-state index in [9.17, 15) is 20.4 Å². The van der Waals surface area contributed by atoms with Crippen LogP contribution in [-0.2, 0) is 17.6 Å². The summed E-state index contributed by atoms with van der Waals surface area (Å²) in [5.41, 5.74) is 3.16. The SMILES string of the molecule is OC[C@H]1O[C@@H](c2cccc(CCCc3ccccc3)c2)[C@H](O)[C@@H](O)[C@@H]1O. The van der Waals surface area contributed by atoms with Crippen LogP contribution in [0.5, 0.6) is 0 Å². The van der Waals surface area contributed by atoms with Gasteiger partial charge in [-0.25, -0.2) is 0 Å². The van der Waals surface area contributed by atoms with Crippen LogP contribution in [0.25, 0.3) is 0 Å². The lowest BCUT2D eigenvalue weighted by Gasteiger charge is -2.40. The first-order chi connectivity index (χ1) is 12.6. The summed E-state index contributed by atoms with van der Waals surface area (Å²) < 4.78 is 5.64. The van der Waals surface area contributed by atoms with Gasteiger partial charge in [0.1, 0.15) is 30.5 Å². The van der Waals surface area contributed by atoms with Gasteiger partial charge in [-0.1, -0.05) is 54.6 Å². The molecule has 0 saturated carbocycles. The van der Waals surface area contributed by atoms with Crippen molar-refractivity contribution < 1.29 is 25.2 Å². The number of aliphatic hydroxyl groups is 4. The van der Waals surface area contributed by atoms with Crippen molar-refractivity contribution in [2.75, 3.05) is 6.61 Å². The van der Waals surface area contributed by atoms with E-state index in [0.29, 0.717) is 0 Å². The fourth-order valence-electron chi connectivity index (χ4n) is 3.44. The molecule has 26 heavy (non-hydrogen) atoms. The summed E-state index contributed by atoms with van der Waals surface area (Å²) in [4.78, 5) is 0. The van der Waals surface area contributed by atoms with Crippen molar-refractivity contribution in [3.05, 3.63) is 71.3 Å². The average Bonchev–Trinajstić information content (AvgIpc) is 2.67. The lowest BCUT2D eigenvalue weighted by Crippen LogP contribution is -2.55. The van der Waals surface area contributed by atoms with Crippen molar-refractivity contribution in [1.82, 2.24) is 0 Å². The molecule has 5 heteroatoms. The molecule has 0 unspecified atom stereocenters. The van der Waals surface area contributed by atoms with Gasteiger partial charge >= 0.3 is 0 Å². The van der Waals surface area contributed by atoms with Crippen molar-refractivity contribution in [2.24, 2.45) is 0 Å². The van der Waals surface area contributed by atoms with Gasteiger partial charge in [-0.05, 0) is 36.0 Å². The molecule has 1 aliphatic rings. The molecule has 5 atom stereocenters. The van der Waals surface area contributed by atoms with E-state index >= 15 is 0 Å². The zero-order valence-corrected chi connectivity index (χ0v) is 14.6. The zero-order chi connectivity index (χ0) is 18.5. The quantitative estimate of drug-likeness (QED) is 0.626. The van der Waals surface area contributed by atoms with Crippen LogP contribution in [0.2, 0.25) is 0 Å². The molecule has 1 saturated heterocycles. The zero-order valence-electron chi connectivity index (χ0n) is 14.6. The van der Waals surface area contributed by atoms with Crippen molar-refractivity contribution in [2.45, 2.75) is 49.8 Å². The molecule has 0 bridgehead atoms. The van der Waals surface area contributed by atoms with Gasteiger partial charge in [0.25, 0.3) is 0 Å². The second-order valence-electron chi connectivity index (χ2n) is 6.83. The van der Waals surface area contributed by atoms with Crippen molar-refractivity contribution in [3.8, 4) is 0 Å². The topological polar surface area (TPSA) is 90.2 Å². The van der Waals surface area contributed by atoms with Gasteiger partial charge in [-0.3, -0.25) is 0 Å². The van der Waals surface area contributed by atoms with Gasteiger partial charge in [-0.15, -0.1) is 0 Å². The number of hydrogen-bond donors (Lipinski definition) is 4. The van der Waals surface area contributed by atoms with Crippen LogP contribution in [0.15, 0.2) is 54.6 Å². The molecule has 2 aromatic carbocycles. The summed E-state index contributed by atoms with van der Waals surface area (Å²) in [6.45, 7) is -0.418. The van der Waals surface area contributed by atoms with E-state index in [4.69, 9.17) is 4.74 Å². The van der Waals surface area contributed by atoms with Gasteiger partial charge in [0.15, 0.2) is 0 Å². The van der Waals surface area contributed by atoms with Crippen LogP contribution in [0.3, 0.4) is 0 Å². The Hall–Kier alpha value is -1.76. The maximum absolute atomic E-state index is 10.3. The summed E-state index contributed by atoms with van der Waals surface area (Å²) in [5, 5.41) is 39.5. The molecule has 0 spiro atoms. The fraction of sp³-hybridized carbons (Fsp3) is 0.429. The van der Waals surface area contributed by atoms with Gasteiger partial charge in [0.2, 0.25) is 0 Å². The Morgan fingerprint density at radius 1 is 0.769 bits per heavy atom. The molecule has 5 nitrogen and oxygen atoms in total. The van der Waals surface area contributed by atoms with E-state index in [0.717, 1.165) is 30.4 Å². The first kappa shape index (κ1) is 19.0. The Morgan fingerprint density at radius 2 is 1.46 bits per heavy atom. The number of aryl methyl sites for hydroxylation is 2. The summed E-state index contributed by atoms with van der Waals surface area (Å²) in [6, 6.07) is 18.0. The van der Waals surface area contributed by atoms with E-state index in [-0.39, 0.29) is 0 Å². The Labute approximate surface area is 153 Å². The Balaban J connectivity index is 1.66. The Bertz CT molecular complexity index is 688. The molecule has 0 radical (unpaired) electrons. The molecular formula is C21H26O5. The summed E-state index contributed by atoms with van der Waals surface area (Å²) in [7, 11) is 0. The molecule has 4 N–H and O–H groups in total. The van der Waals surface area contributed by atoms with Crippen LogP contribution in [0, 0.1) is 0 Å². The lowest BCUT2D eigenvalue weighted by atomic mass is 9.90. The maximum atomic E-state index is 10.3. The van der Waals surface area contributed by atoms with E-state index in [1.165, 1.54) is 5.56 Å². The minimum atomic E-state index is -1.35. The summed E-state index contributed by atoms with van der Waals surface area (Å²) in [5.74, 6) is 0. The van der Waals surface area contributed by atoms with Crippen molar-refractivity contribution in [3.63, 3.8) is 0 Å². The molecule has 0 amide bonds. The predicted molar refractivity (Wildman–Crippen MR) is 97.6 cm³/mol. The standard InChI is InChI=1S/C21H26O5/c22-13-17-18(23)19(24)20(25)21(26-17)16-11-5-10-15(12-16)9-4-8-14-6-2-1-3-7-14/h1-3,5-7,10-12,17-25H,4,8-9,13H2/t17-,18-,19+,20-,21+/m1/s1. The molecule has 2 aromatic rings. The number of ether oxygens (including phenoxy) is 1. The highest BCUT2D eigenvalue weighted by molar-refractivity contribution is 5.27. The highest BCUT2D eigenvalue weighted by atomic mass is 16.5. The van der Waals surface area contributed by atoms with Crippen LogP contribution < -0.4 is 0 Å². The van der Waals surface area contributed by atoms with Gasteiger partial charge in [0.05, 0.1) is 6.61 Å². The highest BCUT2D eigenvalue weighted by Crippen LogP contribution is 2.32. The van der Waals surface area contributed by atoms with E-state index < -0.39 is 37.1 Å². The second kappa shape index (κ2) is 8.75. The number of aliphatic hydroxyl groups excluding tert-OH is 4. The van der Waals surface area contributed by atoms with Crippen LogP contribution in [0.4, 0.5) is 0 Å². The first-order valence-electron chi connectivity index (χ1n) is 9.03. The Kier molecular flexibility index (Phi) is 6.40. The monoisotopic (exact) mass is 358 g/mol. The molecule has 140 valence electrons. The smallest absolute Gasteiger partial charge is 0.113 e. The van der Waals surface area contributed by atoms with Crippen LogP contribution in [0.1, 0.15) is 29.2 Å². The summed E-state index contributed by atoms with van der Waals surface area (Å²) >= 11 is 0. The number of hydrogen-bond acceptors (Lipinski definition) is 5. The number of rotatable bonds is 6. The largest absolute Gasteiger partial charge is 0.394 e. The number of benzene rings is 2. The van der Waals surface area contributed by atoms with Crippen LogP contribution in [-0.4, -0.2) is 51.4 Å². The molecule has 0 aliphatic carbocycles. The van der Waals surface area contributed by atoms with Gasteiger partial charge in [-0.2, -0.15) is 0 Å².